The van der Waals surface area contributed by atoms with E-state index in [1.165, 1.54) is 38.8 Å². The van der Waals surface area contributed by atoms with Crippen LogP contribution in [0.5, 0.6) is 0 Å². The molecular weight excluding hydrogens is 150 g/mol. The summed E-state index contributed by atoms with van der Waals surface area (Å²) in [7, 11) is 0. The van der Waals surface area contributed by atoms with E-state index in [1.54, 1.807) is 0 Å². The quantitative estimate of drug-likeness (QED) is 0.701. The smallest absolute Gasteiger partial charge is 0.0586 e. The summed E-state index contributed by atoms with van der Waals surface area (Å²) in [4.78, 5) is 2.42. The predicted molar refractivity (Wildman–Crippen MR) is 53.3 cm³/mol. The fraction of sp³-hybridized carbons (Fsp3) is 1.00. The van der Waals surface area contributed by atoms with Gasteiger partial charge in [-0.05, 0) is 32.4 Å². The van der Waals surface area contributed by atoms with E-state index in [0.717, 1.165) is 0 Å². The molecule has 0 aromatic rings. The van der Waals surface area contributed by atoms with Gasteiger partial charge in [0.25, 0.3) is 0 Å². The maximum absolute atomic E-state index is 8.99. The van der Waals surface area contributed by atoms with Crippen LogP contribution in [0.1, 0.15) is 40.0 Å². The summed E-state index contributed by atoms with van der Waals surface area (Å²) < 4.78 is 0. The lowest BCUT2D eigenvalue weighted by molar-refractivity contribution is 0.157. The van der Waals surface area contributed by atoms with Gasteiger partial charge < -0.3 is 5.11 Å². The van der Waals surface area contributed by atoms with Crippen molar-refractivity contribution in [1.82, 2.24) is 4.90 Å². The highest BCUT2D eigenvalue weighted by atomic mass is 16.3. The van der Waals surface area contributed by atoms with Gasteiger partial charge in [-0.2, -0.15) is 0 Å². The van der Waals surface area contributed by atoms with Crippen molar-refractivity contribution in [2.75, 3.05) is 19.7 Å². The fourth-order valence-electron chi connectivity index (χ4n) is 1.76. The molecule has 1 fully saturated rings. The second kappa shape index (κ2) is 6.44. The van der Waals surface area contributed by atoms with Crippen molar-refractivity contribution in [2.45, 2.75) is 46.1 Å². The second-order valence-electron chi connectivity index (χ2n) is 3.37. The largest absolute Gasteiger partial charge is 0.395 e. The third-order valence-corrected chi connectivity index (χ3v) is 2.51. The number of hydrogen-bond acceptors (Lipinski definition) is 2. The first kappa shape index (κ1) is 11.9. The third kappa shape index (κ3) is 3.11. The van der Waals surface area contributed by atoms with Crippen molar-refractivity contribution in [3.05, 3.63) is 0 Å². The van der Waals surface area contributed by atoms with Crippen molar-refractivity contribution in [1.29, 1.82) is 0 Å². The van der Waals surface area contributed by atoms with Gasteiger partial charge in [0.1, 0.15) is 0 Å². The summed E-state index contributed by atoms with van der Waals surface area (Å²) in [6, 6.07) is 0.474. The van der Waals surface area contributed by atoms with E-state index in [2.05, 4.69) is 11.8 Å². The highest BCUT2D eigenvalue weighted by molar-refractivity contribution is 4.77. The van der Waals surface area contributed by atoms with Gasteiger partial charge in [-0.3, -0.25) is 4.90 Å². The first-order chi connectivity index (χ1) is 5.38. The molecule has 1 aliphatic rings. The zero-order chi connectivity index (χ0) is 8.10. The van der Waals surface area contributed by atoms with E-state index in [0.29, 0.717) is 12.6 Å². The molecule has 2 nitrogen and oxygen atoms in total. The van der Waals surface area contributed by atoms with Gasteiger partial charge in [-0.25, -0.2) is 0 Å². The number of hydrogen-bond donors (Lipinski definition) is 1. The number of rotatable bonds is 4. The average molecular weight is 173 g/mol. The molecular formula is C10H23NO. The molecule has 0 spiro atoms. The minimum absolute atomic E-state index is 0. The van der Waals surface area contributed by atoms with Crippen LogP contribution in [0, 0.1) is 0 Å². The zero-order valence-corrected chi connectivity index (χ0v) is 7.42. The first-order valence-corrected chi connectivity index (χ1v) is 4.73. The van der Waals surface area contributed by atoms with E-state index < -0.39 is 0 Å². The maximum atomic E-state index is 8.99. The van der Waals surface area contributed by atoms with Crippen molar-refractivity contribution in [3.63, 3.8) is 0 Å². The highest BCUT2D eigenvalue weighted by Gasteiger charge is 2.22. The summed E-state index contributed by atoms with van der Waals surface area (Å²) in [5.41, 5.74) is 0. The Morgan fingerprint density at radius 3 is 2.83 bits per heavy atom. The topological polar surface area (TPSA) is 23.5 Å². The van der Waals surface area contributed by atoms with Crippen LogP contribution in [-0.4, -0.2) is 35.7 Å². The molecule has 2 heteroatoms. The van der Waals surface area contributed by atoms with E-state index in [1.807, 2.05) is 0 Å². The Morgan fingerprint density at radius 2 is 2.25 bits per heavy atom. The molecule has 12 heavy (non-hydrogen) atoms. The Balaban J connectivity index is 0.00000121. The minimum atomic E-state index is 0. The van der Waals surface area contributed by atoms with E-state index in [4.69, 9.17) is 5.11 Å². The molecule has 0 saturated carbocycles. The summed E-state index contributed by atoms with van der Waals surface area (Å²) in [5, 5.41) is 8.99. The van der Waals surface area contributed by atoms with Crippen molar-refractivity contribution in [3.8, 4) is 0 Å². The lowest BCUT2D eigenvalue weighted by Gasteiger charge is -2.21. The molecule has 1 unspecified atom stereocenters. The van der Waals surface area contributed by atoms with Crippen LogP contribution in [0.3, 0.4) is 0 Å². The molecule has 0 bridgehead atoms. The molecule has 0 aromatic carbocycles. The Labute approximate surface area is 76.6 Å². The fourth-order valence-corrected chi connectivity index (χ4v) is 1.76. The Morgan fingerprint density at radius 1 is 1.50 bits per heavy atom. The molecule has 1 N–H and O–H groups in total. The van der Waals surface area contributed by atoms with Gasteiger partial charge in [0.2, 0.25) is 0 Å². The van der Waals surface area contributed by atoms with Crippen LogP contribution in [0.2, 0.25) is 0 Å². The molecule has 74 valence electrons. The number of nitrogens with zero attached hydrogens (tertiary/aromatic N) is 1. The molecule has 0 amide bonds. The number of unbranched alkanes of at least 4 members (excludes halogenated alkanes) is 1. The maximum Gasteiger partial charge on any atom is 0.0586 e. The highest BCUT2D eigenvalue weighted by Crippen LogP contribution is 2.16. The van der Waals surface area contributed by atoms with Gasteiger partial charge in [0.15, 0.2) is 0 Å². The van der Waals surface area contributed by atoms with Crippen LogP contribution in [0.25, 0.3) is 0 Å². The lowest BCUT2D eigenvalue weighted by Crippen LogP contribution is -2.32. The first-order valence-electron chi connectivity index (χ1n) is 4.73. The van der Waals surface area contributed by atoms with E-state index in [-0.39, 0.29) is 7.43 Å². The van der Waals surface area contributed by atoms with E-state index >= 15 is 0 Å². The Bertz CT molecular complexity index is 106. The average Bonchev–Trinajstić information content (AvgIpc) is 2.47. The zero-order valence-electron chi connectivity index (χ0n) is 7.42. The Hall–Kier alpha value is -0.0800. The van der Waals surface area contributed by atoms with Crippen molar-refractivity contribution >= 4 is 0 Å². The molecule has 0 radical (unpaired) electrons. The number of aliphatic hydroxyl groups is 1. The second-order valence-corrected chi connectivity index (χ2v) is 3.37. The molecule has 1 heterocycles. The van der Waals surface area contributed by atoms with Gasteiger partial charge in [0.05, 0.1) is 6.61 Å². The lowest BCUT2D eigenvalue weighted by atomic mass is 10.2. The predicted octanol–water partition coefficient (Wildman–Crippen LogP) is 1.88. The van der Waals surface area contributed by atoms with Crippen LogP contribution in [0.4, 0.5) is 0 Å². The molecule has 1 aliphatic heterocycles. The normalized spacial score (nSPS) is 24.0. The monoisotopic (exact) mass is 173 g/mol. The Kier molecular flexibility index (Phi) is 6.39. The van der Waals surface area contributed by atoms with Crippen molar-refractivity contribution in [2.24, 2.45) is 0 Å². The van der Waals surface area contributed by atoms with Crippen LogP contribution in [0.15, 0.2) is 0 Å². The summed E-state index contributed by atoms with van der Waals surface area (Å²) in [6.07, 6.45) is 5.00. The minimum Gasteiger partial charge on any atom is -0.395 e. The van der Waals surface area contributed by atoms with E-state index in [9.17, 15) is 0 Å². The number of likely N-dealkylation sites (tertiary alicyclic amines) is 1. The summed E-state index contributed by atoms with van der Waals surface area (Å²) >= 11 is 0. The third-order valence-electron chi connectivity index (χ3n) is 2.51. The van der Waals surface area contributed by atoms with Gasteiger partial charge in [-0.15, -0.1) is 0 Å². The molecule has 1 atom stereocenters. The standard InChI is InChI=1S/C9H19NO.CH4/c1-2-3-6-10-7-4-5-9(10)8-11;/h9,11H,2-8H2,1H3;1H4. The van der Waals surface area contributed by atoms with Gasteiger partial charge in [0, 0.05) is 6.04 Å². The molecule has 1 saturated heterocycles. The van der Waals surface area contributed by atoms with Crippen LogP contribution in [-0.2, 0) is 0 Å². The van der Waals surface area contributed by atoms with Crippen LogP contribution >= 0.6 is 0 Å². The molecule has 1 rings (SSSR count). The number of aliphatic hydroxyl groups excluding tert-OH is 1. The van der Waals surface area contributed by atoms with Gasteiger partial charge >= 0.3 is 0 Å². The van der Waals surface area contributed by atoms with Gasteiger partial charge in [-0.1, -0.05) is 20.8 Å². The summed E-state index contributed by atoms with van der Waals surface area (Å²) in [6.45, 7) is 4.95. The molecule has 0 aromatic heterocycles. The van der Waals surface area contributed by atoms with Crippen LogP contribution < -0.4 is 0 Å². The molecule has 0 aliphatic carbocycles. The van der Waals surface area contributed by atoms with Crippen molar-refractivity contribution < 1.29 is 5.11 Å². The SMILES string of the molecule is C.CCCCN1CCCC1CO. The summed E-state index contributed by atoms with van der Waals surface area (Å²) in [5.74, 6) is 0.